The summed E-state index contributed by atoms with van der Waals surface area (Å²) in [5.41, 5.74) is 0. The van der Waals surface area contributed by atoms with Crippen LogP contribution in [0.4, 0.5) is 0 Å². The molecular formula is C15H16N2O4. The molecule has 0 atom stereocenters. The Morgan fingerprint density at radius 1 is 1.05 bits per heavy atom. The Labute approximate surface area is 122 Å². The van der Waals surface area contributed by atoms with Crippen molar-refractivity contribution in [2.24, 2.45) is 0 Å². The summed E-state index contributed by atoms with van der Waals surface area (Å²) >= 11 is 0. The monoisotopic (exact) mass is 288 g/mol. The van der Waals surface area contributed by atoms with Gasteiger partial charge >= 0.3 is 0 Å². The van der Waals surface area contributed by atoms with Gasteiger partial charge in [0.05, 0.1) is 19.4 Å². The number of hydrogen-bond acceptors (Lipinski definition) is 4. The number of nitrogens with one attached hydrogen (secondary N) is 2. The zero-order chi connectivity index (χ0) is 14.9. The molecule has 6 heteroatoms. The second-order valence-electron chi connectivity index (χ2n) is 4.17. The maximum absolute atomic E-state index is 11.5. The minimum absolute atomic E-state index is 0.106. The molecule has 0 aliphatic rings. The molecule has 0 aliphatic heterocycles. The van der Waals surface area contributed by atoms with Gasteiger partial charge in [-0.2, -0.15) is 0 Å². The van der Waals surface area contributed by atoms with Gasteiger partial charge in [0, 0.05) is 0 Å². The van der Waals surface area contributed by atoms with Crippen LogP contribution >= 0.6 is 0 Å². The Kier molecular flexibility index (Phi) is 5.40. The third-order valence-electron chi connectivity index (χ3n) is 2.59. The SMILES string of the molecule is O=C(CNC(=O)c1ccco1)NCCOc1ccccc1. The molecule has 1 aromatic carbocycles. The number of rotatable bonds is 7. The van der Waals surface area contributed by atoms with E-state index in [9.17, 15) is 9.59 Å². The van der Waals surface area contributed by atoms with Crippen molar-refractivity contribution in [2.45, 2.75) is 0 Å². The highest BCUT2D eigenvalue weighted by molar-refractivity contribution is 5.94. The molecule has 1 aromatic heterocycles. The first-order valence-corrected chi connectivity index (χ1v) is 6.52. The van der Waals surface area contributed by atoms with E-state index in [0.29, 0.717) is 13.2 Å². The van der Waals surface area contributed by atoms with E-state index < -0.39 is 5.91 Å². The first-order valence-electron chi connectivity index (χ1n) is 6.52. The molecule has 6 nitrogen and oxygen atoms in total. The molecule has 0 spiro atoms. The highest BCUT2D eigenvalue weighted by Crippen LogP contribution is 2.07. The van der Waals surface area contributed by atoms with E-state index in [1.807, 2.05) is 30.3 Å². The van der Waals surface area contributed by atoms with Gasteiger partial charge in [-0.1, -0.05) is 18.2 Å². The lowest BCUT2D eigenvalue weighted by Crippen LogP contribution is -2.38. The van der Waals surface area contributed by atoms with E-state index in [4.69, 9.17) is 9.15 Å². The molecule has 2 rings (SSSR count). The Bertz CT molecular complexity index is 567. The summed E-state index contributed by atoms with van der Waals surface area (Å²) in [6, 6.07) is 12.5. The second kappa shape index (κ2) is 7.74. The van der Waals surface area contributed by atoms with Gasteiger partial charge in [0.1, 0.15) is 12.4 Å². The molecule has 0 fully saturated rings. The normalized spacial score (nSPS) is 9.90. The van der Waals surface area contributed by atoms with E-state index in [-0.39, 0.29) is 18.2 Å². The number of hydrogen-bond donors (Lipinski definition) is 2. The fraction of sp³-hybridized carbons (Fsp3) is 0.200. The Morgan fingerprint density at radius 3 is 2.57 bits per heavy atom. The van der Waals surface area contributed by atoms with Crippen LogP contribution in [0, 0.1) is 0 Å². The molecule has 0 bridgehead atoms. The van der Waals surface area contributed by atoms with Crippen LogP contribution < -0.4 is 15.4 Å². The van der Waals surface area contributed by atoms with Crippen LogP contribution in [0.25, 0.3) is 0 Å². The molecule has 2 N–H and O–H groups in total. The molecule has 1 heterocycles. The Balaban J connectivity index is 1.59. The van der Waals surface area contributed by atoms with Crippen molar-refractivity contribution in [3.8, 4) is 5.75 Å². The zero-order valence-electron chi connectivity index (χ0n) is 11.4. The minimum Gasteiger partial charge on any atom is -0.492 e. The van der Waals surface area contributed by atoms with Crippen molar-refractivity contribution in [2.75, 3.05) is 19.7 Å². The van der Waals surface area contributed by atoms with Crippen molar-refractivity contribution in [3.63, 3.8) is 0 Å². The third kappa shape index (κ3) is 5.02. The summed E-state index contributed by atoms with van der Waals surface area (Å²) in [5.74, 6) is 0.218. The Morgan fingerprint density at radius 2 is 1.86 bits per heavy atom. The smallest absolute Gasteiger partial charge is 0.287 e. The molecule has 0 saturated carbocycles. The van der Waals surface area contributed by atoms with Gasteiger partial charge in [-0.3, -0.25) is 9.59 Å². The maximum Gasteiger partial charge on any atom is 0.287 e. The molecule has 0 unspecified atom stereocenters. The van der Waals surface area contributed by atoms with Gasteiger partial charge in [-0.15, -0.1) is 0 Å². The van der Waals surface area contributed by atoms with Gasteiger partial charge in [-0.05, 0) is 24.3 Å². The summed E-state index contributed by atoms with van der Waals surface area (Å²) in [4.78, 5) is 23.0. The molecule has 21 heavy (non-hydrogen) atoms. The van der Waals surface area contributed by atoms with Gasteiger partial charge in [0.25, 0.3) is 5.91 Å². The molecule has 2 aromatic rings. The van der Waals surface area contributed by atoms with Crippen LogP contribution in [0.15, 0.2) is 53.1 Å². The lowest BCUT2D eigenvalue weighted by Gasteiger charge is -2.08. The first-order chi connectivity index (χ1) is 10.3. The molecule has 0 aliphatic carbocycles. The topological polar surface area (TPSA) is 80.6 Å². The standard InChI is InChI=1S/C15H16N2O4/c18-14(11-17-15(19)13-7-4-9-21-13)16-8-10-20-12-5-2-1-3-6-12/h1-7,9H,8,10-11H2,(H,16,18)(H,17,19). The van der Waals surface area contributed by atoms with Crippen molar-refractivity contribution in [1.29, 1.82) is 0 Å². The fourth-order valence-corrected chi connectivity index (χ4v) is 1.59. The average Bonchev–Trinajstić information content (AvgIpc) is 3.05. The molecule has 2 amide bonds. The summed E-state index contributed by atoms with van der Waals surface area (Å²) in [5, 5.41) is 5.10. The summed E-state index contributed by atoms with van der Waals surface area (Å²) in [6.07, 6.45) is 1.40. The number of carbonyl (C=O) groups is 2. The lowest BCUT2D eigenvalue weighted by atomic mass is 10.3. The first kappa shape index (κ1) is 14.6. The van der Waals surface area contributed by atoms with Crippen LogP contribution in [0.3, 0.4) is 0 Å². The van der Waals surface area contributed by atoms with Gasteiger partial charge in [0.15, 0.2) is 5.76 Å². The lowest BCUT2D eigenvalue weighted by molar-refractivity contribution is -0.120. The quantitative estimate of drug-likeness (QED) is 0.750. The number of furan rings is 1. The van der Waals surface area contributed by atoms with Crippen LogP contribution in [-0.4, -0.2) is 31.5 Å². The highest BCUT2D eigenvalue weighted by Gasteiger charge is 2.09. The summed E-state index contributed by atoms with van der Waals surface area (Å²) < 4.78 is 10.3. The molecular weight excluding hydrogens is 272 g/mol. The highest BCUT2D eigenvalue weighted by atomic mass is 16.5. The van der Waals surface area contributed by atoms with Crippen molar-refractivity contribution in [3.05, 3.63) is 54.5 Å². The number of amides is 2. The van der Waals surface area contributed by atoms with Crippen LogP contribution in [0.2, 0.25) is 0 Å². The number of para-hydroxylation sites is 1. The van der Waals surface area contributed by atoms with E-state index in [0.717, 1.165) is 5.75 Å². The third-order valence-corrected chi connectivity index (χ3v) is 2.59. The number of ether oxygens (including phenoxy) is 1. The number of carbonyl (C=O) groups excluding carboxylic acids is 2. The van der Waals surface area contributed by atoms with Crippen LogP contribution in [0.5, 0.6) is 5.75 Å². The maximum atomic E-state index is 11.5. The predicted octanol–water partition coefficient (Wildman–Crippen LogP) is 1.20. The predicted molar refractivity (Wildman–Crippen MR) is 76.0 cm³/mol. The zero-order valence-corrected chi connectivity index (χ0v) is 11.4. The second-order valence-corrected chi connectivity index (χ2v) is 4.17. The van der Waals surface area contributed by atoms with Crippen molar-refractivity contribution in [1.82, 2.24) is 10.6 Å². The Hall–Kier alpha value is -2.76. The largest absolute Gasteiger partial charge is 0.492 e. The minimum atomic E-state index is -0.421. The van der Waals surface area contributed by atoms with E-state index in [1.165, 1.54) is 12.3 Å². The van der Waals surface area contributed by atoms with Crippen LogP contribution in [-0.2, 0) is 4.79 Å². The molecule has 0 radical (unpaired) electrons. The summed E-state index contributed by atoms with van der Waals surface area (Å²) in [7, 11) is 0. The summed E-state index contributed by atoms with van der Waals surface area (Å²) in [6.45, 7) is 0.622. The van der Waals surface area contributed by atoms with E-state index >= 15 is 0 Å². The van der Waals surface area contributed by atoms with Crippen molar-refractivity contribution >= 4 is 11.8 Å². The average molecular weight is 288 g/mol. The van der Waals surface area contributed by atoms with Crippen molar-refractivity contribution < 1.29 is 18.7 Å². The molecule has 0 saturated heterocycles. The van der Waals surface area contributed by atoms with Gasteiger partial charge < -0.3 is 19.8 Å². The van der Waals surface area contributed by atoms with Crippen LogP contribution in [0.1, 0.15) is 10.6 Å². The fourth-order valence-electron chi connectivity index (χ4n) is 1.59. The van der Waals surface area contributed by atoms with E-state index in [2.05, 4.69) is 10.6 Å². The van der Waals surface area contributed by atoms with E-state index in [1.54, 1.807) is 6.07 Å². The molecule has 110 valence electrons. The van der Waals surface area contributed by atoms with Gasteiger partial charge in [-0.25, -0.2) is 0 Å². The number of benzene rings is 1. The van der Waals surface area contributed by atoms with Gasteiger partial charge in [0.2, 0.25) is 5.91 Å².